The third-order valence-corrected chi connectivity index (χ3v) is 6.13. The Morgan fingerprint density at radius 2 is 2.22 bits per heavy atom. The summed E-state index contributed by atoms with van der Waals surface area (Å²) >= 11 is 0. The van der Waals surface area contributed by atoms with Gasteiger partial charge in [0, 0.05) is 6.04 Å². The fourth-order valence-electron chi connectivity index (χ4n) is 2.97. The molecule has 1 aromatic carbocycles. The maximum absolute atomic E-state index is 12.2. The van der Waals surface area contributed by atoms with Crippen molar-refractivity contribution in [2.24, 2.45) is 0 Å². The van der Waals surface area contributed by atoms with Gasteiger partial charge in [0.15, 0.2) is 9.84 Å². The van der Waals surface area contributed by atoms with Crippen LogP contribution in [-0.2, 0) is 16.3 Å². The second-order valence-corrected chi connectivity index (χ2v) is 7.30. The molecule has 0 radical (unpaired) electrons. The molecule has 0 spiro atoms. The maximum atomic E-state index is 12.2. The second-order valence-electron chi connectivity index (χ2n) is 4.96. The van der Waals surface area contributed by atoms with Gasteiger partial charge in [-0.15, -0.1) is 0 Å². The lowest BCUT2D eigenvalue weighted by molar-refractivity contribution is 0.413. The number of hydrogen-bond donors (Lipinski definition) is 1. The first-order valence-corrected chi connectivity index (χ1v) is 7.95. The molecule has 0 amide bonds. The van der Waals surface area contributed by atoms with Gasteiger partial charge in [-0.1, -0.05) is 6.07 Å². The van der Waals surface area contributed by atoms with Crippen molar-refractivity contribution in [3.63, 3.8) is 0 Å². The number of hydrogen-bond acceptors (Lipinski definition) is 4. The number of methoxy groups -OCH3 is 1. The number of fused-ring (bicyclic) bond motifs is 3. The minimum atomic E-state index is -2.99. The van der Waals surface area contributed by atoms with Crippen molar-refractivity contribution >= 4 is 9.84 Å². The molecule has 1 N–H and O–H groups in total. The molecular weight excluding hydrogens is 250 g/mol. The first-order chi connectivity index (χ1) is 8.62. The number of rotatable bonds is 1. The van der Waals surface area contributed by atoms with Crippen LogP contribution in [0.1, 0.15) is 23.6 Å². The number of sulfone groups is 1. The van der Waals surface area contributed by atoms with Crippen LogP contribution in [0.2, 0.25) is 0 Å². The molecule has 1 saturated heterocycles. The molecule has 4 nitrogen and oxygen atoms in total. The molecule has 0 aromatic heterocycles. The van der Waals surface area contributed by atoms with Gasteiger partial charge in [0.2, 0.25) is 0 Å². The predicted molar refractivity (Wildman–Crippen MR) is 69.6 cm³/mol. The lowest BCUT2D eigenvalue weighted by Crippen LogP contribution is -2.32. The summed E-state index contributed by atoms with van der Waals surface area (Å²) in [6.07, 6.45) is 1.33. The van der Waals surface area contributed by atoms with E-state index >= 15 is 0 Å². The van der Waals surface area contributed by atoms with Crippen LogP contribution in [0.25, 0.3) is 0 Å². The number of nitrogens with one attached hydrogen (secondary N) is 1. The lowest BCUT2D eigenvalue weighted by atomic mass is 10.1. The van der Waals surface area contributed by atoms with Crippen LogP contribution < -0.4 is 10.1 Å². The van der Waals surface area contributed by atoms with Crippen LogP contribution in [0.5, 0.6) is 5.75 Å². The maximum Gasteiger partial charge on any atom is 0.155 e. The summed E-state index contributed by atoms with van der Waals surface area (Å²) in [4.78, 5) is 0. The second kappa shape index (κ2) is 4.24. The summed E-state index contributed by atoms with van der Waals surface area (Å²) in [5, 5.41) is 3.07. The van der Waals surface area contributed by atoms with E-state index in [4.69, 9.17) is 4.74 Å². The Morgan fingerprint density at radius 3 is 3.00 bits per heavy atom. The zero-order valence-electron chi connectivity index (χ0n) is 10.3. The Bertz CT molecular complexity index is 568. The van der Waals surface area contributed by atoms with Crippen LogP contribution >= 0.6 is 0 Å². The van der Waals surface area contributed by atoms with Crippen LogP contribution in [0.4, 0.5) is 0 Å². The Balaban J connectivity index is 2.06. The van der Waals surface area contributed by atoms with Gasteiger partial charge in [-0.25, -0.2) is 8.42 Å². The van der Waals surface area contributed by atoms with Crippen LogP contribution in [-0.4, -0.2) is 33.1 Å². The molecule has 2 atom stereocenters. The highest BCUT2D eigenvalue weighted by Gasteiger charge is 2.41. The van der Waals surface area contributed by atoms with E-state index in [0.717, 1.165) is 23.4 Å². The quantitative estimate of drug-likeness (QED) is 0.827. The molecule has 98 valence electrons. The van der Waals surface area contributed by atoms with Gasteiger partial charge in [-0.2, -0.15) is 0 Å². The fraction of sp³-hybridized carbons (Fsp3) is 0.538. The van der Waals surface area contributed by atoms with E-state index in [1.54, 1.807) is 7.11 Å². The summed E-state index contributed by atoms with van der Waals surface area (Å²) in [5.41, 5.74) is 2.22. The fourth-order valence-corrected chi connectivity index (χ4v) is 4.91. The summed E-state index contributed by atoms with van der Waals surface area (Å²) in [6, 6.07) is 5.78. The molecular formula is C13H17NO3S. The van der Waals surface area contributed by atoms with Gasteiger partial charge in [0.05, 0.1) is 18.1 Å². The summed E-state index contributed by atoms with van der Waals surface area (Å²) < 4.78 is 29.7. The van der Waals surface area contributed by atoms with Crippen LogP contribution in [0.15, 0.2) is 18.2 Å². The summed E-state index contributed by atoms with van der Waals surface area (Å²) in [6.45, 7) is 0.761. The molecule has 0 saturated carbocycles. The van der Waals surface area contributed by atoms with Gasteiger partial charge in [0.1, 0.15) is 5.75 Å². The molecule has 1 fully saturated rings. The van der Waals surface area contributed by atoms with E-state index in [1.807, 2.05) is 18.2 Å². The monoisotopic (exact) mass is 267 g/mol. The van der Waals surface area contributed by atoms with E-state index in [2.05, 4.69) is 5.32 Å². The van der Waals surface area contributed by atoms with Crippen molar-refractivity contribution in [2.75, 3.05) is 19.4 Å². The molecule has 18 heavy (non-hydrogen) atoms. The average Bonchev–Trinajstić information content (AvgIpc) is 2.66. The highest BCUT2D eigenvalue weighted by Crippen LogP contribution is 2.38. The van der Waals surface area contributed by atoms with Crippen LogP contribution in [0.3, 0.4) is 0 Å². The summed E-state index contributed by atoms with van der Waals surface area (Å²) in [5.74, 6) is 1.09. The lowest BCUT2D eigenvalue weighted by Gasteiger charge is -2.18. The first kappa shape index (κ1) is 12.0. The zero-order valence-corrected chi connectivity index (χ0v) is 11.2. The van der Waals surface area contributed by atoms with E-state index in [0.29, 0.717) is 18.6 Å². The van der Waals surface area contributed by atoms with Crippen molar-refractivity contribution in [2.45, 2.75) is 24.1 Å². The third-order valence-electron chi connectivity index (χ3n) is 3.91. The van der Waals surface area contributed by atoms with Crippen LogP contribution in [0, 0.1) is 0 Å². The SMILES string of the molecule is COc1ccc2c(c1)C1NCCCS(=O)(=O)C1C2. The first-order valence-electron chi connectivity index (χ1n) is 6.23. The Hall–Kier alpha value is -1.07. The molecule has 2 unspecified atom stereocenters. The molecule has 3 rings (SSSR count). The van der Waals surface area contributed by atoms with Gasteiger partial charge >= 0.3 is 0 Å². The van der Waals surface area contributed by atoms with Gasteiger partial charge < -0.3 is 10.1 Å². The van der Waals surface area contributed by atoms with E-state index in [9.17, 15) is 8.42 Å². The minimum Gasteiger partial charge on any atom is -0.497 e. The van der Waals surface area contributed by atoms with Gasteiger partial charge in [-0.3, -0.25) is 0 Å². The van der Waals surface area contributed by atoms with Crippen molar-refractivity contribution in [3.8, 4) is 5.75 Å². The largest absolute Gasteiger partial charge is 0.497 e. The molecule has 1 aliphatic heterocycles. The van der Waals surface area contributed by atoms with Crippen molar-refractivity contribution in [3.05, 3.63) is 29.3 Å². The van der Waals surface area contributed by atoms with Crippen molar-refractivity contribution in [1.29, 1.82) is 0 Å². The molecule has 2 aliphatic rings. The molecule has 1 heterocycles. The van der Waals surface area contributed by atoms with Gasteiger partial charge in [0.25, 0.3) is 0 Å². The summed E-state index contributed by atoms with van der Waals surface area (Å²) in [7, 11) is -1.36. The van der Waals surface area contributed by atoms with E-state index < -0.39 is 9.84 Å². The highest BCUT2D eigenvalue weighted by molar-refractivity contribution is 7.92. The topological polar surface area (TPSA) is 55.4 Å². The Labute approximate surface area is 107 Å². The average molecular weight is 267 g/mol. The predicted octanol–water partition coefficient (Wildman–Crippen LogP) is 1.07. The normalized spacial score (nSPS) is 29.2. The third kappa shape index (κ3) is 1.82. The molecule has 5 heteroatoms. The van der Waals surface area contributed by atoms with E-state index in [-0.39, 0.29) is 11.3 Å². The minimum absolute atomic E-state index is 0.0670. The standard InChI is InChI=1S/C13H17NO3S/c1-17-10-4-3-9-7-12-13(11(9)8-10)14-5-2-6-18(12,15)16/h3-4,8,12-14H,2,5-7H2,1H3. The van der Waals surface area contributed by atoms with E-state index in [1.165, 1.54) is 0 Å². The number of ether oxygens (including phenoxy) is 1. The highest BCUT2D eigenvalue weighted by atomic mass is 32.2. The molecule has 0 bridgehead atoms. The van der Waals surface area contributed by atoms with Crippen molar-refractivity contribution < 1.29 is 13.2 Å². The Kier molecular flexibility index (Phi) is 2.83. The van der Waals surface area contributed by atoms with Gasteiger partial charge in [-0.05, 0) is 42.6 Å². The zero-order chi connectivity index (χ0) is 12.8. The number of benzene rings is 1. The molecule has 1 aliphatic carbocycles. The smallest absolute Gasteiger partial charge is 0.155 e. The molecule has 1 aromatic rings. The van der Waals surface area contributed by atoms with Crippen molar-refractivity contribution in [1.82, 2.24) is 5.32 Å². The Morgan fingerprint density at radius 1 is 1.39 bits per heavy atom.